The Labute approximate surface area is 239 Å². The molecule has 210 valence electrons. The van der Waals surface area contributed by atoms with E-state index in [0.717, 1.165) is 34.5 Å². The first-order chi connectivity index (χ1) is 18.0. The van der Waals surface area contributed by atoms with Crippen molar-refractivity contribution in [2.45, 2.75) is 49.8 Å². The first-order valence-electron chi connectivity index (χ1n) is 12.8. The molecule has 0 saturated heterocycles. The summed E-state index contributed by atoms with van der Waals surface area (Å²) in [6, 6.07) is 17.5. The summed E-state index contributed by atoms with van der Waals surface area (Å²) >= 11 is 0. The number of hydrogen-bond donors (Lipinski definition) is 0. The first kappa shape index (κ1) is 31.0. The van der Waals surface area contributed by atoms with Crippen molar-refractivity contribution in [3.05, 3.63) is 101 Å². The molecule has 4 rings (SSSR count). The van der Waals surface area contributed by atoms with Crippen LogP contribution in [0.15, 0.2) is 82.6 Å². The molecule has 7 nitrogen and oxygen atoms in total. The Balaban J connectivity index is 0.00000420. The summed E-state index contributed by atoms with van der Waals surface area (Å²) in [4.78, 5) is 5.16. The molecular formula is C29H36ClN3O4S2. The third-order valence-electron chi connectivity index (χ3n) is 6.75. The number of nitrogens with zero attached hydrogens (tertiary/aromatic N) is 3. The fourth-order valence-electron chi connectivity index (χ4n) is 4.49. The molecule has 2 bridgehead atoms. The van der Waals surface area contributed by atoms with E-state index in [4.69, 9.17) is 4.98 Å². The Morgan fingerprint density at radius 2 is 1.13 bits per heavy atom. The number of fused-ring (bicyclic) bond motifs is 2. The van der Waals surface area contributed by atoms with Crippen LogP contribution in [0.1, 0.15) is 35.0 Å². The average Bonchev–Trinajstić information content (AvgIpc) is 2.88. The van der Waals surface area contributed by atoms with Gasteiger partial charge < -0.3 is 0 Å². The lowest BCUT2D eigenvalue weighted by Crippen LogP contribution is -2.40. The van der Waals surface area contributed by atoms with Crippen molar-refractivity contribution in [2.75, 3.05) is 26.2 Å². The minimum Gasteiger partial charge on any atom is -0.258 e. The second-order valence-corrected chi connectivity index (χ2v) is 13.7. The predicted molar refractivity (Wildman–Crippen MR) is 157 cm³/mol. The SMILES string of the molecule is C=C1CN(S(=O)(=O)c2ccc(C)cc2)CCc2cc(CC)cc(n2)CCN(S(=O)(=O)c2ccc(C)cc2)C1.Cl. The molecule has 3 aromatic rings. The largest absolute Gasteiger partial charge is 0.258 e. The summed E-state index contributed by atoms with van der Waals surface area (Å²) < 4.78 is 57.5. The highest BCUT2D eigenvalue weighted by molar-refractivity contribution is 7.89. The van der Waals surface area contributed by atoms with Gasteiger partial charge in [0.2, 0.25) is 20.0 Å². The van der Waals surface area contributed by atoms with Crippen LogP contribution in [-0.2, 0) is 39.3 Å². The number of pyridine rings is 1. The number of benzene rings is 2. The molecule has 0 radical (unpaired) electrons. The van der Waals surface area contributed by atoms with E-state index in [2.05, 4.69) is 13.5 Å². The Morgan fingerprint density at radius 1 is 0.744 bits per heavy atom. The van der Waals surface area contributed by atoms with Crippen molar-refractivity contribution >= 4 is 32.5 Å². The van der Waals surface area contributed by atoms with Gasteiger partial charge >= 0.3 is 0 Å². The minimum absolute atomic E-state index is 0. The third-order valence-corrected chi connectivity index (χ3v) is 10.5. The maximum atomic E-state index is 13.7. The molecule has 0 N–H and O–H groups in total. The van der Waals surface area contributed by atoms with E-state index in [0.29, 0.717) is 18.4 Å². The van der Waals surface area contributed by atoms with Crippen molar-refractivity contribution in [2.24, 2.45) is 0 Å². The second-order valence-electron chi connectivity index (χ2n) is 9.86. The molecular weight excluding hydrogens is 554 g/mol. The maximum absolute atomic E-state index is 13.7. The van der Waals surface area contributed by atoms with Crippen LogP contribution < -0.4 is 0 Å². The van der Waals surface area contributed by atoms with Gasteiger partial charge in [0.05, 0.1) is 9.79 Å². The van der Waals surface area contributed by atoms with E-state index in [1.807, 2.05) is 26.0 Å². The lowest BCUT2D eigenvalue weighted by atomic mass is 10.1. The Morgan fingerprint density at radius 3 is 1.49 bits per heavy atom. The van der Waals surface area contributed by atoms with Crippen LogP contribution in [0.4, 0.5) is 0 Å². The Bertz CT molecular complexity index is 1410. The fraction of sp³-hybridized carbons (Fsp3) is 0.345. The number of aryl methyl sites for hydroxylation is 3. The Kier molecular flexibility index (Phi) is 10.1. The van der Waals surface area contributed by atoms with Gasteiger partial charge in [0.15, 0.2) is 0 Å². The molecule has 0 atom stereocenters. The van der Waals surface area contributed by atoms with Crippen LogP contribution in [0.2, 0.25) is 0 Å². The number of hydrogen-bond acceptors (Lipinski definition) is 5. The van der Waals surface area contributed by atoms with Gasteiger partial charge in [-0.05, 0) is 67.8 Å². The molecule has 1 aliphatic heterocycles. The molecule has 0 spiro atoms. The molecule has 1 aliphatic rings. The zero-order valence-corrected chi connectivity index (χ0v) is 25.1. The summed E-state index contributed by atoms with van der Waals surface area (Å²) in [6.07, 6.45) is 1.70. The van der Waals surface area contributed by atoms with Gasteiger partial charge in [-0.1, -0.05) is 48.9 Å². The van der Waals surface area contributed by atoms with Gasteiger partial charge in [0.1, 0.15) is 0 Å². The highest BCUT2D eigenvalue weighted by Crippen LogP contribution is 2.23. The smallest absolute Gasteiger partial charge is 0.243 e. The van der Waals surface area contributed by atoms with E-state index in [1.54, 1.807) is 48.5 Å². The van der Waals surface area contributed by atoms with E-state index in [-0.39, 0.29) is 48.4 Å². The quantitative estimate of drug-likeness (QED) is 0.402. The van der Waals surface area contributed by atoms with Gasteiger partial charge in [-0.3, -0.25) is 4.98 Å². The first-order valence-corrected chi connectivity index (χ1v) is 15.7. The zero-order valence-electron chi connectivity index (χ0n) is 22.6. The summed E-state index contributed by atoms with van der Waals surface area (Å²) in [6.45, 7) is 10.4. The summed E-state index contributed by atoms with van der Waals surface area (Å²) in [5, 5.41) is 0. The molecule has 0 unspecified atom stereocenters. The molecule has 1 aromatic heterocycles. The molecule has 39 heavy (non-hydrogen) atoms. The number of rotatable bonds is 5. The van der Waals surface area contributed by atoms with Crippen LogP contribution in [0.5, 0.6) is 0 Å². The lowest BCUT2D eigenvalue weighted by molar-refractivity contribution is 0.401. The molecule has 10 heteroatoms. The topological polar surface area (TPSA) is 87.7 Å². The Hall–Kier alpha value is -2.56. The summed E-state index contributed by atoms with van der Waals surface area (Å²) in [5.74, 6) is 0. The standard InChI is InChI=1S/C29H35N3O4S2.ClH/c1-5-25-18-26-14-16-31(37(33,34)28-10-6-22(2)7-11-28)20-24(4)21-32(17-15-27(19-25)30-26)38(35,36)29-12-8-23(3)9-13-29;/h6-13,18-19H,4-5,14-17,20-21H2,1-3H3;1H. The van der Waals surface area contributed by atoms with E-state index >= 15 is 0 Å². The van der Waals surface area contributed by atoms with Crippen LogP contribution in [0.3, 0.4) is 0 Å². The molecule has 0 aliphatic carbocycles. The zero-order chi connectivity index (χ0) is 27.5. The summed E-state index contributed by atoms with van der Waals surface area (Å²) in [7, 11) is -7.68. The third kappa shape index (κ3) is 7.35. The number of aromatic nitrogens is 1. The number of sulfonamides is 2. The molecule has 2 heterocycles. The number of halogens is 1. The van der Waals surface area contributed by atoms with Gasteiger partial charge in [-0.25, -0.2) is 16.8 Å². The van der Waals surface area contributed by atoms with E-state index < -0.39 is 20.0 Å². The van der Waals surface area contributed by atoms with Crippen LogP contribution in [0, 0.1) is 13.8 Å². The van der Waals surface area contributed by atoms with E-state index in [1.165, 1.54) is 8.61 Å². The van der Waals surface area contributed by atoms with Gasteiger partial charge in [0, 0.05) is 50.4 Å². The highest BCUT2D eigenvalue weighted by atomic mass is 35.5. The molecule has 0 saturated carbocycles. The van der Waals surface area contributed by atoms with Crippen molar-refractivity contribution in [3.63, 3.8) is 0 Å². The van der Waals surface area contributed by atoms with Crippen molar-refractivity contribution in [3.8, 4) is 0 Å². The molecule has 2 aromatic carbocycles. The van der Waals surface area contributed by atoms with Gasteiger partial charge in [-0.15, -0.1) is 12.4 Å². The van der Waals surface area contributed by atoms with Gasteiger partial charge in [-0.2, -0.15) is 8.61 Å². The lowest BCUT2D eigenvalue weighted by Gasteiger charge is -2.28. The minimum atomic E-state index is -3.84. The van der Waals surface area contributed by atoms with Gasteiger partial charge in [0.25, 0.3) is 0 Å². The monoisotopic (exact) mass is 589 g/mol. The van der Waals surface area contributed by atoms with E-state index in [9.17, 15) is 16.8 Å². The van der Waals surface area contributed by atoms with Crippen molar-refractivity contribution < 1.29 is 16.8 Å². The molecule has 0 amide bonds. The van der Waals surface area contributed by atoms with Crippen molar-refractivity contribution in [1.29, 1.82) is 0 Å². The maximum Gasteiger partial charge on any atom is 0.243 e. The van der Waals surface area contributed by atoms with Crippen LogP contribution in [-0.4, -0.2) is 56.6 Å². The van der Waals surface area contributed by atoms with Crippen LogP contribution >= 0.6 is 12.4 Å². The fourth-order valence-corrected chi connectivity index (χ4v) is 7.42. The van der Waals surface area contributed by atoms with Crippen LogP contribution in [0.25, 0.3) is 0 Å². The highest BCUT2D eigenvalue weighted by Gasteiger charge is 2.29. The normalized spacial score (nSPS) is 16.1. The van der Waals surface area contributed by atoms with Crippen molar-refractivity contribution in [1.82, 2.24) is 13.6 Å². The predicted octanol–water partition coefficient (Wildman–Crippen LogP) is 4.72. The molecule has 0 fully saturated rings. The second kappa shape index (κ2) is 12.7. The average molecular weight is 590 g/mol. The summed E-state index contributed by atoms with van der Waals surface area (Å²) in [5.41, 5.74) is 5.11.